The SMILES string of the molecule is CC(Cc1ccc(Cl)cc1)NCc1ccno1. The number of aromatic nitrogens is 1. The first-order valence-corrected chi connectivity index (χ1v) is 5.99. The predicted octanol–water partition coefficient (Wildman–Crippen LogP) is 3.05. The van der Waals surface area contributed by atoms with Gasteiger partial charge in [-0.2, -0.15) is 0 Å². The maximum Gasteiger partial charge on any atom is 0.150 e. The Bertz CT molecular complexity index is 439. The molecule has 0 spiro atoms. The molecule has 4 heteroatoms. The minimum atomic E-state index is 0.376. The van der Waals surface area contributed by atoms with Gasteiger partial charge in [-0.1, -0.05) is 28.9 Å². The lowest BCUT2D eigenvalue weighted by Gasteiger charge is -2.12. The third-order valence-electron chi connectivity index (χ3n) is 2.57. The van der Waals surface area contributed by atoms with E-state index in [1.165, 1.54) is 5.56 Å². The molecule has 2 aromatic rings. The van der Waals surface area contributed by atoms with Crippen molar-refractivity contribution in [3.63, 3.8) is 0 Å². The Balaban J connectivity index is 1.80. The summed E-state index contributed by atoms with van der Waals surface area (Å²) in [7, 11) is 0. The van der Waals surface area contributed by atoms with Crippen molar-refractivity contribution >= 4 is 11.6 Å². The van der Waals surface area contributed by atoms with Crippen LogP contribution in [0.25, 0.3) is 0 Å². The fraction of sp³-hybridized carbons (Fsp3) is 0.308. The summed E-state index contributed by atoms with van der Waals surface area (Å²) in [5, 5.41) is 7.82. The van der Waals surface area contributed by atoms with Gasteiger partial charge in [0.25, 0.3) is 0 Å². The predicted molar refractivity (Wildman–Crippen MR) is 68.0 cm³/mol. The molecule has 0 aliphatic rings. The fourth-order valence-corrected chi connectivity index (χ4v) is 1.78. The van der Waals surface area contributed by atoms with Gasteiger partial charge in [0.1, 0.15) is 5.76 Å². The summed E-state index contributed by atoms with van der Waals surface area (Å²) in [5.74, 6) is 0.855. The van der Waals surface area contributed by atoms with Gasteiger partial charge in [-0.05, 0) is 31.0 Å². The minimum Gasteiger partial charge on any atom is -0.360 e. The second-order valence-corrected chi connectivity index (χ2v) is 4.53. The van der Waals surface area contributed by atoms with E-state index in [0.717, 1.165) is 17.2 Å². The summed E-state index contributed by atoms with van der Waals surface area (Å²) >= 11 is 5.84. The van der Waals surface area contributed by atoms with Gasteiger partial charge in [0.2, 0.25) is 0 Å². The first kappa shape index (κ1) is 12.1. The van der Waals surface area contributed by atoms with Crippen LogP contribution >= 0.6 is 11.6 Å². The largest absolute Gasteiger partial charge is 0.360 e. The van der Waals surface area contributed by atoms with E-state index < -0.39 is 0 Å². The molecule has 1 aromatic heterocycles. The maximum absolute atomic E-state index is 5.84. The van der Waals surface area contributed by atoms with Crippen molar-refractivity contribution < 1.29 is 4.52 Å². The summed E-state index contributed by atoms with van der Waals surface area (Å²) in [6.45, 7) is 2.85. The highest BCUT2D eigenvalue weighted by atomic mass is 35.5. The zero-order chi connectivity index (χ0) is 12.1. The molecule has 90 valence electrons. The molecule has 1 heterocycles. The van der Waals surface area contributed by atoms with Crippen LogP contribution in [0.5, 0.6) is 0 Å². The Morgan fingerprint density at radius 3 is 2.71 bits per heavy atom. The second-order valence-electron chi connectivity index (χ2n) is 4.09. The molecular formula is C13H15ClN2O. The molecule has 1 atom stereocenters. The van der Waals surface area contributed by atoms with Gasteiger partial charge in [-0.3, -0.25) is 0 Å². The molecule has 0 radical (unpaired) electrons. The van der Waals surface area contributed by atoms with Crippen LogP contribution < -0.4 is 5.32 Å². The molecule has 17 heavy (non-hydrogen) atoms. The third kappa shape index (κ3) is 3.88. The molecule has 0 fully saturated rings. The van der Waals surface area contributed by atoms with E-state index in [0.29, 0.717) is 12.6 Å². The first-order valence-electron chi connectivity index (χ1n) is 5.61. The van der Waals surface area contributed by atoms with Crippen molar-refractivity contribution in [1.82, 2.24) is 10.5 Å². The van der Waals surface area contributed by atoms with Crippen molar-refractivity contribution in [2.45, 2.75) is 25.9 Å². The number of nitrogens with zero attached hydrogens (tertiary/aromatic N) is 1. The van der Waals surface area contributed by atoms with Crippen molar-refractivity contribution in [3.8, 4) is 0 Å². The zero-order valence-corrected chi connectivity index (χ0v) is 10.4. The van der Waals surface area contributed by atoms with Crippen LogP contribution in [-0.4, -0.2) is 11.2 Å². The van der Waals surface area contributed by atoms with E-state index in [1.807, 2.05) is 18.2 Å². The molecule has 1 unspecified atom stereocenters. The lowest BCUT2D eigenvalue weighted by Crippen LogP contribution is -2.27. The number of hydrogen-bond acceptors (Lipinski definition) is 3. The van der Waals surface area contributed by atoms with Crippen LogP contribution in [0, 0.1) is 0 Å². The fourth-order valence-electron chi connectivity index (χ4n) is 1.65. The highest BCUT2D eigenvalue weighted by Gasteiger charge is 2.04. The molecule has 3 nitrogen and oxygen atoms in total. The van der Waals surface area contributed by atoms with E-state index in [1.54, 1.807) is 6.20 Å². The molecule has 0 amide bonds. The summed E-state index contributed by atoms with van der Waals surface area (Å²) < 4.78 is 5.02. The highest BCUT2D eigenvalue weighted by molar-refractivity contribution is 6.30. The van der Waals surface area contributed by atoms with Gasteiger partial charge in [-0.25, -0.2) is 0 Å². The smallest absolute Gasteiger partial charge is 0.150 e. The van der Waals surface area contributed by atoms with Gasteiger partial charge in [0, 0.05) is 17.1 Å². The molecular weight excluding hydrogens is 236 g/mol. The molecule has 0 bridgehead atoms. The maximum atomic E-state index is 5.84. The topological polar surface area (TPSA) is 38.1 Å². The van der Waals surface area contributed by atoms with E-state index >= 15 is 0 Å². The Morgan fingerprint density at radius 1 is 1.29 bits per heavy atom. The average Bonchev–Trinajstić information content (AvgIpc) is 2.83. The minimum absolute atomic E-state index is 0.376. The number of nitrogens with one attached hydrogen (secondary N) is 1. The molecule has 0 saturated heterocycles. The molecule has 2 rings (SSSR count). The highest BCUT2D eigenvalue weighted by Crippen LogP contribution is 2.11. The monoisotopic (exact) mass is 250 g/mol. The van der Waals surface area contributed by atoms with E-state index in [4.69, 9.17) is 16.1 Å². The second kappa shape index (κ2) is 5.84. The van der Waals surface area contributed by atoms with Crippen molar-refractivity contribution in [1.29, 1.82) is 0 Å². The van der Waals surface area contributed by atoms with Crippen LogP contribution in [0.15, 0.2) is 41.1 Å². The van der Waals surface area contributed by atoms with Gasteiger partial charge >= 0.3 is 0 Å². The Labute approximate surface area is 106 Å². The zero-order valence-electron chi connectivity index (χ0n) is 9.69. The summed E-state index contributed by atoms with van der Waals surface area (Å²) in [4.78, 5) is 0. The van der Waals surface area contributed by atoms with E-state index in [9.17, 15) is 0 Å². The number of rotatable bonds is 5. The quantitative estimate of drug-likeness (QED) is 0.886. The van der Waals surface area contributed by atoms with Crippen LogP contribution in [0.3, 0.4) is 0 Å². The lowest BCUT2D eigenvalue weighted by molar-refractivity contribution is 0.364. The standard InChI is InChI=1S/C13H15ClN2O/c1-10(15-9-13-6-7-16-17-13)8-11-2-4-12(14)5-3-11/h2-7,10,15H,8-9H2,1H3. The molecule has 1 aromatic carbocycles. The number of benzene rings is 1. The number of halogens is 1. The molecule has 0 aliphatic carbocycles. The van der Waals surface area contributed by atoms with Gasteiger partial charge in [-0.15, -0.1) is 0 Å². The molecule has 0 aliphatic heterocycles. The first-order chi connectivity index (χ1) is 8.24. The van der Waals surface area contributed by atoms with Crippen LogP contribution in [0.4, 0.5) is 0 Å². The third-order valence-corrected chi connectivity index (χ3v) is 2.82. The van der Waals surface area contributed by atoms with Gasteiger partial charge in [0.15, 0.2) is 0 Å². The van der Waals surface area contributed by atoms with Crippen molar-refractivity contribution in [3.05, 3.63) is 52.9 Å². The summed E-state index contributed by atoms with van der Waals surface area (Å²) in [6, 6.07) is 10.2. The van der Waals surface area contributed by atoms with Crippen LogP contribution in [0.2, 0.25) is 5.02 Å². The molecule has 0 saturated carbocycles. The van der Waals surface area contributed by atoms with Gasteiger partial charge < -0.3 is 9.84 Å². The van der Waals surface area contributed by atoms with E-state index in [-0.39, 0.29) is 0 Å². The Hall–Kier alpha value is -1.32. The summed E-state index contributed by atoms with van der Waals surface area (Å²) in [6.07, 6.45) is 2.62. The van der Waals surface area contributed by atoms with Crippen molar-refractivity contribution in [2.24, 2.45) is 0 Å². The summed E-state index contributed by atoms with van der Waals surface area (Å²) in [5.41, 5.74) is 1.27. The van der Waals surface area contributed by atoms with Crippen molar-refractivity contribution in [2.75, 3.05) is 0 Å². The van der Waals surface area contributed by atoms with Crippen LogP contribution in [0.1, 0.15) is 18.2 Å². The average molecular weight is 251 g/mol. The number of hydrogen-bond donors (Lipinski definition) is 1. The molecule has 1 N–H and O–H groups in total. The lowest BCUT2D eigenvalue weighted by atomic mass is 10.1. The Kier molecular flexibility index (Phi) is 4.18. The van der Waals surface area contributed by atoms with E-state index in [2.05, 4.69) is 29.5 Å². The van der Waals surface area contributed by atoms with Crippen LogP contribution in [-0.2, 0) is 13.0 Å². The normalized spacial score (nSPS) is 12.6. The Morgan fingerprint density at radius 2 is 2.06 bits per heavy atom. The van der Waals surface area contributed by atoms with Gasteiger partial charge in [0.05, 0.1) is 12.7 Å².